The highest BCUT2D eigenvalue weighted by molar-refractivity contribution is 9.10. The summed E-state index contributed by atoms with van der Waals surface area (Å²) < 4.78 is 0.909. The molecule has 2 amide bonds. The summed E-state index contributed by atoms with van der Waals surface area (Å²) >= 11 is 3.44. The van der Waals surface area contributed by atoms with E-state index in [1.165, 1.54) is 16.5 Å². The first kappa shape index (κ1) is 25.0. The molecule has 7 nitrogen and oxygen atoms in total. The minimum absolute atomic E-state index is 0.0584. The van der Waals surface area contributed by atoms with Crippen LogP contribution in [-0.2, 0) is 11.2 Å². The van der Waals surface area contributed by atoms with Crippen LogP contribution in [0.15, 0.2) is 59.2 Å². The average molecular weight is 553 g/mol. The van der Waals surface area contributed by atoms with Crippen LogP contribution in [0.2, 0.25) is 0 Å². The number of carbonyl (C=O) groups is 2. The Balaban J connectivity index is 1.01. The monoisotopic (exact) mass is 551 g/mol. The van der Waals surface area contributed by atoms with Gasteiger partial charge in [-0.15, -0.1) is 0 Å². The summed E-state index contributed by atoms with van der Waals surface area (Å²) in [5, 5.41) is 1.33. The second-order valence-corrected chi connectivity index (χ2v) is 10.7. The standard InChI is InChI=1S/C28H34BrN5O2/c29-24-7-3-5-22(19-24)28(36)34-17-13-32(14-18-34)21-27(35)33-15-11-31(12-16-33)10-4-6-23-20-30-26-9-2-1-8-25(23)26/h1-3,5,7-9,19-20,30H,4,6,10-18,21H2. The van der Waals surface area contributed by atoms with Crippen molar-refractivity contribution in [1.29, 1.82) is 0 Å². The zero-order chi connectivity index (χ0) is 24.9. The molecule has 2 fully saturated rings. The molecule has 8 heteroatoms. The van der Waals surface area contributed by atoms with Gasteiger partial charge in [0, 0.05) is 79.5 Å². The number of piperazine rings is 2. The first-order valence-electron chi connectivity index (χ1n) is 12.9. The molecule has 1 N–H and O–H groups in total. The van der Waals surface area contributed by atoms with E-state index in [1.54, 1.807) is 0 Å². The molecular formula is C28H34BrN5O2. The zero-order valence-corrected chi connectivity index (χ0v) is 22.3. The van der Waals surface area contributed by atoms with Crippen LogP contribution in [0.4, 0.5) is 0 Å². The molecule has 1 aromatic heterocycles. The Kier molecular flexibility index (Phi) is 8.04. The molecule has 2 aliphatic heterocycles. The topological polar surface area (TPSA) is 62.9 Å². The van der Waals surface area contributed by atoms with Gasteiger partial charge in [0.25, 0.3) is 5.91 Å². The third-order valence-electron chi connectivity index (χ3n) is 7.41. The van der Waals surface area contributed by atoms with Crippen molar-refractivity contribution in [1.82, 2.24) is 24.6 Å². The molecule has 190 valence electrons. The number of benzene rings is 2. The van der Waals surface area contributed by atoms with E-state index in [1.807, 2.05) is 34.1 Å². The number of halogens is 1. The van der Waals surface area contributed by atoms with Gasteiger partial charge in [-0.1, -0.05) is 40.2 Å². The fourth-order valence-electron chi connectivity index (χ4n) is 5.26. The van der Waals surface area contributed by atoms with Gasteiger partial charge in [0.2, 0.25) is 5.91 Å². The third-order valence-corrected chi connectivity index (χ3v) is 7.90. The first-order chi connectivity index (χ1) is 17.6. The van der Waals surface area contributed by atoms with E-state index in [0.717, 1.165) is 63.1 Å². The molecule has 0 atom stereocenters. The summed E-state index contributed by atoms with van der Waals surface area (Å²) in [5.74, 6) is 0.267. The quantitative estimate of drug-likeness (QED) is 0.488. The van der Waals surface area contributed by atoms with Crippen molar-refractivity contribution in [3.8, 4) is 0 Å². The Morgan fingerprint density at radius 1 is 0.833 bits per heavy atom. The lowest BCUT2D eigenvalue weighted by atomic mass is 10.1. The predicted octanol–water partition coefficient (Wildman–Crippen LogP) is 3.47. The lowest BCUT2D eigenvalue weighted by Crippen LogP contribution is -2.54. The number of fused-ring (bicyclic) bond motifs is 1. The molecule has 0 bridgehead atoms. The number of aromatic nitrogens is 1. The van der Waals surface area contributed by atoms with Crippen molar-refractivity contribution in [3.05, 3.63) is 70.3 Å². The molecule has 0 spiro atoms. The van der Waals surface area contributed by atoms with Crippen LogP contribution in [0.3, 0.4) is 0 Å². The SMILES string of the molecule is O=C(CN1CCN(C(=O)c2cccc(Br)c2)CC1)N1CCN(CCCc2c[nH]c3ccccc23)CC1. The van der Waals surface area contributed by atoms with E-state index < -0.39 is 0 Å². The van der Waals surface area contributed by atoms with Crippen LogP contribution in [0, 0.1) is 0 Å². The van der Waals surface area contributed by atoms with E-state index in [2.05, 4.69) is 61.2 Å². The highest BCUT2D eigenvalue weighted by Crippen LogP contribution is 2.19. The molecular weight excluding hydrogens is 518 g/mol. The van der Waals surface area contributed by atoms with Crippen LogP contribution in [-0.4, -0.2) is 102 Å². The number of carbonyl (C=O) groups excluding carboxylic acids is 2. The molecule has 2 saturated heterocycles. The van der Waals surface area contributed by atoms with Gasteiger partial charge in [-0.05, 0) is 49.2 Å². The molecule has 2 aromatic carbocycles. The molecule has 36 heavy (non-hydrogen) atoms. The number of aryl methyl sites for hydroxylation is 1. The Hall–Kier alpha value is -2.68. The number of nitrogens with zero attached hydrogens (tertiary/aromatic N) is 4. The molecule has 0 saturated carbocycles. The van der Waals surface area contributed by atoms with Crippen molar-refractivity contribution in [2.24, 2.45) is 0 Å². The number of H-pyrrole nitrogens is 1. The Bertz CT molecular complexity index is 1200. The molecule has 3 heterocycles. The smallest absolute Gasteiger partial charge is 0.253 e. The van der Waals surface area contributed by atoms with Crippen LogP contribution in [0.1, 0.15) is 22.3 Å². The van der Waals surface area contributed by atoms with E-state index in [-0.39, 0.29) is 11.8 Å². The summed E-state index contributed by atoms with van der Waals surface area (Å²) in [6.07, 6.45) is 4.33. The molecule has 3 aromatic rings. The van der Waals surface area contributed by atoms with Crippen molar-refractivity contribution in [3.63, 3.8) is 0 Å². The maximum Gasteiger partial charge on any atom is 0.253 e. The van der Waals surface area contributed by atoms with Gasteiger partial charge >= 0.3 is 0 Å². The normalized spacial score (nSPS) is 17.6. The van der Waals surface area contributed by atoms with Gasteiger partial charge in [-0.3, -0.25) is 19.4 Å². The van der Waals surface area contributed by atoms with E-state index in [9.17, 15) is 9.59 Å². The average Bonchev–Trinajstić information content (AvgIpc) is 3.32. The van der Waals surface area contributed by atoms with Gasteiger partial charge in [0.1, 0.15) is 0 Å². The van der Waals surface area contributed by atoms with Crippen molar-refractivity contribution in [2.45, 2.75) is 12.8 Å². The number of para-hydroxylation sites is 1. The van der Waals surface area contributed by atoms with Gasteiger partial charge in [-0.2, -0.15) is 0 Å². The van der Waals surface area contributed by atoms with Crippen LogP contribution >= 0.6 is 15.9 Å². The van der Waals surface area contributed by atoms with Gasteiger partial charge in [0.15, 0.2) is 0 Å². The van der Waals surface area contributed by atoms with E-state index in [4.69, 9.17) is 0 Å². The fourth-order valence-corrected chi connectivity index (χ4v) is 5.66. The van der Waals surface area contributed by atoms with Gasteiger partial charge in [0.05, 0.1) is 6.54 Å². The summed E-state index contributed by atoms with van der Waals surface area (Å²) in [6.45, 7) is 7.77. The third kappa shape index (κ3) is 5.99. The first-order valence-corrected chi connectivity index (χ1v) is 13.7. The number of hydrogen-bond donors (Lipinski definition) is 1. The van der Waals surface area contributed by atoms with Crippen LogP contribution < -0.4 is 0 Å². The Morgan fingerprint density at radius 2 is 1.56 bits per heavy atom. The van der Waals surface area contributed by atoms with Crippen LogP contribution in [0.5, 0.6) is 0 Å². The molecule has 0 unspecified atom stereocenters. The van der Waals surface area contributed by atoms with Gasteiger partial charge in [-0.25, -0.2) is 0 Å². The van der Waals surface area contributed by atoms with Crippen molar-refractivity contribution < 1.29 is 9.59 Å². The van der Waals surface area contributed by atoms with Gasteiger partial charge < -0.3 is 14.8 Å². The second-order valence-electron chi connectivity index (χ2n) is 9.76. The number of amides is 2. The number of aromatic amines is 1. The number of rotatable bonds is 7. The summed E-state index contributed by atoms with van der Waals surface area (Å²) in [4.78, 5) is 37.6. The fraction of sp³-hybridized carbons (Fsp3) is 0.429. The number of hydrogen-bond acceptors (Lipinski definition) is 4. The maximum absolute atomic E-state index is 12.9. The minimum Gasteiger partial charge on any atom is -0.361 e. The lowest BCUT2D eigenvalue weighted by molar-refractivity contribution is -0.134. The maximum atomic E-state index is 12.9. The van der Waals surface area contributed by atoms with Crippen molar-refractivity contribution >= 4 is 38.6 Å². The summed E-state index contributed by atoms with van der Waals surface area (Å²) in [7, 11) is 0. The predicted molar refractivity (Wildman–Crippen MR) is 146 cm³/mol. The molecule has 5 rings (SSSR count). The largest absolute Gasteiger partial charge is 0.361 e. The highest BCUT2D eigenvalue weighted by atomic mass is 79.9. The Morgan fingerprint density at radius 3 is 2.33 bits per heavy atom. The van der Waals surface area contributed by atoms with Crippen molar-refractivity contribution in [2.75, 3.05) is 65.4 Å². The zero-order valence-electron chi connectivity index (χ0n) is 20.7. The summed E-state index contributed by atoms with van der Waals surface area (Å²) in [5.41, 5.74) is 3.29. The summed E-state index contributed by atoms with van der Waals surface area (Å²) in [6, 6.07) is 16.0. The lowest BCUT2D eigenvalue weighted by Gasteiger charge is -2.38. The van der Waals surface area contributed by atoms with Crippen LogP contribution in [0.25, 0.3) is 10.9 Å². The molecule has 0 aliphatic carbocycles. The number of nitrogens with one attached hydrogen (secondary N) is 1. The molecule has 0 radical (unpaired) electrons. The van der Waals surface area contributed by atoms with E-state index in [0.29, 0.717) is 25.2 Å². The van der Waals surface area contributed by atoms with E-state index >= 15 is 0 Å². The minimum atomic E-state index is 0.0584. The molecule has 2 aliphatic rings. The highest BCUT2D eigenvalue weighted by Gasteiger charge is 2.26. The second kappa shape index (κ2) is 11.6. The Labute approximate surface area is 221 Å².